The van der Waals surface area contributed by atoms with Crippen LogP contribution in [0.2, 0.25) is 5.15 Å². The van der Waals surface area contributed by atoms with Crippen molar-refractivity contribution in [3.63, 3.8) is 0 Å². The molecule has 3 heteroatoms. The van der Waals surface area contributed by atoms with Gasteiger partial charge in [0.2, 0.25) is 0 Å². The fraction of sp³-hybridized carbons (Fsp3) is 0.375. The van der Waals surface area contributed by atoms with Crippen molar-refractivity contribution in [1.82, 2.24) is 4.98 Å². The molecular formula is C8H11ClFN. The summed E-state index contributed by atoms with van der Waals surface area (Å²) < 4.78 is 12.5. The molecule has 0 amide bonds. The van der Waals surface area contributed by atoms with E-state index in [1.807, 2.05) is 13.8 Å². The Morgan fingerprint density at radius 1 is 1.45 bits per heavy atom. The summed E-state index contributed by atoms with van der Waals surface area (Å²) in [6.07, 6.45) is 1.47. The van der Waals surface area contributed by atoms with Crippen LogP contribution in [0.4, 0.5) is 4.39 Å². The second kappa shape index (κ2) is 5.08. The van der Waals surface area contributed by atoms with Gasteiger partial charge in [0.05, 0.1) is 0 Å². The molecule has 1 aromatic rings. The largest absolute Gasteiger partial charge is 0.242 e. The van der Waals surface area contributed by atoms with Crippen molar-refractivity contribution in [2.45, 2.75) is 20.8 Å². The molecule has 0 N–H and O–H groups in total. The van der Waals surface area contributed by atoms with E-state index in [0.717, 1.165) is 0 Å². The summed E-state index contributed by atoms with van der Waals surface area (Å²) in [4.78, 5) is 3.53. The van der Waals surface area contributed by atoms with Crippen LogP contribution in [0, 0.1) is 12.7 Å². The van der Waals surface area contributed by atoms with Crippen molar-refractivity contribution in [3.8, 4) is 0 Å². The Morgan fingerprint density at radius 3 is 2.36 bits per heavy atom. The van der Waals surface area contributed by atoms with Crippen molar-refractivity contribution in [1.29, 1.82) is 0 Å². The van der Waals surface area contributed by atoms with E-state index < -0.39 is 5.82 Å². The van der Waals surface area contributed by atoms with Crippen LogP contribution in [0.5, 0.6) is 0 Å². The molecule has 0 aliphatic heterocycles. The van der Waals surface area contributed by atoms with Crippen LogP contribution in [-0.2, 0) is 0 Å². The molecular weight excluding hydrogens is 165 g/mol. The quantitative estimate of drug-likeness (QED) is 0.552. The Labute approximate surface area is 71.2 Å². The molecule has 0 bridgehead atoms. The van der Waals surface area contributed by atoms with Gasteiger partial charge >= 0.3 is 0 Å². The Morgan fingerprint density at radius 2 is 2.00 bits per heavy atom. The molecule has 1 aromatic heterocycles. The van der Waals surface area contributed by atoms with Gasteiger partial charge in [-0.1, -0.05) is 25.4 Å². The van der Waals surface area contributed by atoms with E-state index in [4.69, 9.17) is 11.6 Å². The smallest absolute Gasteiger partial charge is 0.164 e. The Bertz CT molecular complexity index is 205. The van der Waals surface area contributed by atoms with Crippen molar-refractivity contribution < 1.29 is 4.39 Å². The van der Waals surface area contributed by atoms with Crippen LogP contribution in [0.3, 0.4) is 0 Å². The first-order chi connectivity index (χ1) is 5.22. The van der Waals surface area contributed by atoms with Gasteiger partial charge in [-0.2, -0.15) is 0 Å². The number of halogens is 2. The second-order valence-electron chi connectivity index (χ2n) is 1.73. The second-order valence-corrected chi connectivity index (χ2v) is 2.09. The molecule has 1 rings (SSSR count). The van der Waals surface area contributed by atoms with E-state index in [1.54, 1.807) is 13.0 Å². The molecule has 62 valence electrons. The van der Waals surface area contributed by atoms with Gasteiger partial charge in [-0.15, -0.1) is 0 Å². The molecule has 11 heavy (non-hydrogen) atoms. The first-order valence-electron chi connectivity index (χ1n) is 3.48. The minimum absolute atomic E-state index is 0.0602. The summed E-state index contributed by atoms with van der Waals surface area (Å²) in [7, 11) is 0. The van der Waals surface area contributed by atoms with Crippen molar-refractivity contribution in [2.75, 3.05) is 0 Å². The van der Waals surface area contributed by atoms with Gasteiger partial charge in [-0.25, -0.2) is 9.37 Å². The van der Waals surface area contributed by atoms with Crippen LogP contribution < -0.4 is 0 Å². The van der Waals surface area contributed by atoms with Crippen LogP contribution >= 0.6 is 11.6 Å². The lowest BCUT2D eigenvalue weighted by Crippen LogP contribution is -1.84. The molecule has 0 spiro atoms. The monoisotopic (exact) mass is 175 g/mol. The van der Waals surface area contributed by atoms with Gasteiger partial charge in [0.25, 0.3) is 0 Å². The molecule has 1 nitrogen and oxygen atoms in total. The van der Waals surface area contributed by atoms with Gasteiger partial charge in [0, 0.05) is 6.20 Å². The number of hydrogen-bond donors (Lipinski definition) is 0. The topological polar surface area (TPSA) is 12.9 Å². The Kier molecular flexibility index (Phi) is 4.79. The number of hydrogen-bond acceptors (Lipinski definition) is 1. The van der Waals surface area contributed by atoms with Gasteiger partial charge in [0.15, 0.2) is 11.0 Å². The van der Waals surface area contributed by atoms with Gasteiger partial charge in [0.1, 0.15) is 0 Å². The first-order valence-corrected chi connectivity index (χ1v) is 3.86. The highest BCUT2D eigenvalue weighted by molar-refractivity contribution is 6.29. The molecule has 0 fully saturated rings. The maximum atomic E-state index is 12.5. The first kappa shape index (κ1) is 10.4. The van der Waals surface area contributed by atoms with Crippen LogP contribution in [0.1, 0.15) is 19.4 Å². The highest BCUT2D eigenvalue weighted by Crippen LogP contribution is 2.12. The van der Waals surface area contributed by atoms with Gasteiger partial charge in [-0.05, 0) is 18.6 Å². The van der Waals surface area contributed by atoms with E-state index in [9.17, 15) is 4.39 Å². The Balaban J connectivity index is 0.000000461. The molecule has 0 atom stereocenters. The highest BCUT2D eigenvalue weighted by Gasteiger charge is 2.00. The third kappa shape index (κ3) is 2.85. The summed E-state index contributed by atoms with van der Waals surface area (Å²) in [5.74, 6) is -0.431. The normalized spacial score (nSPS) is 8.45. The predicted octanol–water partition coefficient (Wildman–Crippen LogP) is 3.21. The predicted molar refractivity (Wildman–Crippen MR) is 45.3 cm³/mol. The third-order valence-corrected chi connectivity index (χ3v) is 1.30. The van der Waals surface area contributed by atoms with E-state index >= 15 is 0 Å². The number of aromatic nitrogens is 1. The van der Waals surface area contributed by atoms with E-state index in [1.165, 1.54) is 6.20 Å². The zero-order valence-corrected chi connectivity index (χ0v) is 7.61. The fourth-order valence-electron chi connectivity index (χ4n) is 0.507. The number of nitrogens with zero attached hydrogens (tertiary/aromatic N) is 1. The average molecular weight is 176 g/mol. The summed E-state index contributed by atoms with van der Waals surface area (Å²) in [6.45, 7) is 5.64. The van der Waals surface area contributed by atoms with Crippen molar-refractivity contribution in [3.05, 3.63) is 28.8 Å². The van der Waals surface area contributed by atoms with Crippen LogP contribution in [0.15, 0.2) is 12.3 Å². The highest BCUT2D eigenvalue weighted by atomic mass is 35.5. The van der Waals surface area contributed by atoms with Crippen molar-refractivity contribution in [2.24, 2.45) is 0 Å². The number of rotatable bonds is 0. The summed E-state index contributed by atoms with van der Waals surface area (Å²) >= 11 is 5.33. The van der Waals surface area contributed by atoms with E-state index in [0.29, 0.717) is 5.56 Å². The number of pyridine rings is 1. The standard InChI is InChI=1S/C6H5ClFN.C2H6/c1-4-2-3-9-6(7)5(4)8;1-2/h2-3H,1H3;1-2H3. The molecule has 0 saturated carbocycles. The minimum Gasteiger partial charge on any atom is -0.242 e. The molecule has 0 saturated heterocycles. The maximum Gasteiger partial charge on any atom is 0.164 e. The molecule has 0 radical (unpaired) electrons. The third-order valence-electron chi connectivity index (χ3n) is 1.04. The number of aryl methyl sites for hydroxylation is 1. The summed E-state index contributed by atoms with van der Waals surface area (Å²) in [6, 6.07) is 1.57. The zero-order chi connectivity index (χ0) is 8.85. The van der Waals surface area contributed by atoms with Crippen LogP contribution in [0.25, 0.3) is 0 Å². The fourth-order valence-corrected chi connectivity index (χ4v) is 0.712. The molecule has 0 aromatic carbocycles. The average Bonchev–Trinajstić information content (AvgIpc) is 2.04. The lowest BCUT2D eigenvalue weighted by Gasteiger charge is -1.93. The lowest BCUT2D eigenvalue weighted by molar-refractivity contribution is 0.612. The maximum absolute atomic E-state index is 12.5. The van der Waals surface area contributed by atoms with Gasteiger partial charge in [-0.3, -0.25) is 0 Å². The molecule has 0 aliphatic rings. The SMILES string of the molecule is CC.Cc1ccnc(Cl)c1F. The van der Waals surface area contributed by atoms with E-state index in [-0.39, 0.29) is 5.15 Å². The molecule has 0 unspecified atom stereocenters. The van der Waals surface area contributed by atoms with Crippen molar-refractivity contribution >= 4 is 11.6 Å². The Hall–Kier alpha value is -0.630. The lowest BCUT2D eigenvalue weighted by atomic mass is 10.3. The van der Waals surface area contributed by atoms with Crippen LogP contribution in [-0.4, -0.2) is 4.98 Å². The zero-order valence-electron chi connectivity index (χ0n) is 6.86. The van der Waals surface area contributed by atoms with E-state index in [2.05, 4.69) is 4.98 Å². The molecule has 0 aliphatic carbocycles. The summed E-state index contributed by atoms with van der Waals surface area (Å²) in [5, 5.41) is -0.0602. The summed E-state index contributed by atoms with van der Waals surface area (Å²) in [5.41, 5.74) is 0.523. The van der Waals surface area contributed by atoms with Gasteiger partial charge < -0.3 is 0 Å². The minimum atomic E-state index is -0.431. The molecule has 1 heterocycles.